The molecule has 2 aliphatic heterocycles. The summed E-state index contributed by atoms with van der Waals surface area (Å²) in [5, 5.41) is 0. The zero-order valence-corrected chi connectivity index (χ0v) is 17.5. The van der Waals surface area contributed by atoms with Crippen LogP contribution in [-0.4, -0.2) is 21.5 Å². The molecule has 3 heterocycles. The standard InChI is InChI=1S/C26H25N3O/c1-3-18-4-6-19(7-5-18)15-29-16-23-12-24-22(11-21(23)13-25(29)30)14-28-26(24)20-8-9-27-17(2)10-20/h4-12H,3,13-16H2,1-2H3. The average Bonchev–Trinajstić information content (AvgIpc) is 3.16. The van der Waals surface area contributed by atoms with E-state index in [0.717, 1.165) is 29.0 Å². The van der Waals surface area contributed by atoms with Crippen LogP contribution in [0.4, 0.5) is 0 Å². The van der Waals surface area contributed by atoms with Crippen LogP contribution in [0, 0.1) is 6.92 Å². The largest absolute Gasteiger partial charge is 0.334 e. The fourth-order valence-electron chi connectivity index (χ4n) is 4.41. The molecule has 1 aromatic heterocycles. The van der Waals surface area contributed by atoms with E-state index in [1.54, 1.807) is 0 Å². The molecule has 4 heteroatoms. The number of aromatic nitrogens is 1. The van der Waals surface area contributed by atoms with Crippen molar-refractivity contribution in [3.8, 4) is 0 Å². The number of benzene rings is 2. The predicted molar refractivity (Wildman–Crippen MR) is 119 cm³/mol. The van der Waals surface area contributed by atoms with Crippen LogP contribution in [-0.2, 0) is 37.3 Å². The van der Waals surface area contributed by atoms with Gasteiger partial charge in [-0.3, -0.25) is 14.8 Å². The molecule has 0 fully saturated rings. The van der Waals surface area contributed by atoms with E-state index in [1.165, 1.54) is 27.8 Å². The van der Waals surface area contributed by atoms with Crippen LogP contribution in [0.3, 0.4) is 0 Å². The van der Waals surface area contributed by atoms with Crippen molar-refractivity contribution >= 4 is 11.6 Å². The Balaban J connectivity index is 1.42. The summed E-state index contributed by atoms with van der Waals surface area (Å²) in [6.45, 7) is 6.15. The fourth-order valence-corrected chi connectivity index (χ4v) is 4.41. The van der Waals surface area contributed by atoms with E-state index in [9.17, 15) is 4.79 Å². The molecule has 0 saturated carbocycles. The minimum absolute atomic E-state index is 0.200. The molecule has 0 saturated heterocycles. The van der Waals surface area contributed by atoms with Crippen molar-refractivity contribution in [2.45, 2.75) is 46.3 Å². The van der Waals surface area contributed by atoms with Crippen molar-refractivity contribution in [2.75, 3.05) is 0 Å². The van der Waals surface area contributed by atoms with Crippen molar-refractivity contribution < 1.29 is 4.79 Å². The van der Waals surface area contributed by atoms with Crippen LogP contribution in [0.1, 0.15) is 51.6 Å². The van der Waals surface area contributed by atoms with Gasteiger partial charge < -0.3 is 4.90 Å². The average molecular weight is 396 g/mol. The first-order chi connectivity index (χ1) is 14.6. The van der Waals surface area contributed by atoms with Gasteiger partial charge in [-0.2, -0.15) is 0 Å². The molecule has 30 heavy (non-hydrogen) atoms. The van der Waals surface area contributed by atoms with Gasteiger partial charge in [-0.15, -0.1) is 0 Å². The van der Waals surface area contributed by atoms with Crippen LogP contribution in [0.25, 0.3) is 0 Å². The molecule has 1 amide bonds. The van der Waals surface area contributed by atoms with E-state index in [0.29, 0.717) is 26.1 Å². The Labute approximate surface area is 177 Å². The maximum absolute atomic E-state index is 12.8. The number of aliphatic imine (C=N–C) groups is 1. The number of nitrogens with zero attached hydrogens (tertiary/aromatic N) is 3. The highest BCUT2D eigenvalue weighted by Crippen LogP contribution is 2.30. The van der Waals surface area contributed by atoms with Crippen molar-refractivity contribution in [2.24, 2.45) is 4.99 Å². The Hall–Kier alpha value is -3.27. The number of aryl methyl sites for hydroxylation is 2. The lowest BCUT2D eigenvalue weighted by Gasteiger charge is -2.29. The second-order valence-electron chi connectivity index (χ2n) is 8.23. The Morgan fingerprint density at radius 2 is 1.77 bits per heavy atom. The molecule has 2 aromatic carbocycles. The van der Waals surface area contributed by atoms with Crippen molar-refractivity contribution in [1.29, 1.82) is 0 Å². The van der Waals surface area contributed by atoms with Gasteiger partial charge in [0.1, 0.15) is 0 Å². The highest BCUT2D eigenvalue weighted by molar-refractivity contribution is 6.15. The lowest BCUT2D eigenvalue weighted by Crippen LogP contribution is -2.35. The van der Waals surface area contributed by atoms with E-state index in [-0.39, 0.29) is 5.91 Å². The molecule has 2 aliphatic rings. The fraction of sp³-hybridized carbons (Fsp3) is 0.269. The van der Waals surface area contributed by atoms with Crippen molar-refractivity contribution in [3.63, 3.8) is 0 Å². The Bertz CT molecular complexity index is 1160. The predicted octanol–water partition coefficient (Wildman–Crippen LogP) is 4.39. The second-order valence-corrected chi connectivity index (χ2v) is 8.23. The summed E-state index contributed by atoms with van der Waals surface area (Å²) in [6, 6.07) is 17.2. The number of rotatable bonds is 4. The van der Waals surface area contributed by atoms with Gasteiger partial charge in [0, 0.05) is 36.1 Å². The van der Waals surface area contributed by atoms with Crippen LogP contribution in [0.2, 0.25) is 0 Å². The van der Waals surface area contributed by atoms with Crippen LogP contribution < -0.4 is 0 Å². The first-order valence-electron chi connectivity index (χ1n) is 10.6. The summed E-state index contributed by atoms with van der Waals surface area (Å²) in [4.78, 5) is 23.9. The van der Waals surface area contributed by atoms with Gasteiger partial charge in [0.15, 0.2) is 0 Å². The summed E-state index contributed by atoms with van der Waals surface area (Å²) in [5.74, 6) is 0.200. The lowest BCUT2D eigenvalue weighted by molar-refractivity contribution is -0.132. The molecule has 0 spiro atoms. The van der Waals surface area contributed by atoms with Gasteiger partial charge in [0.2, 0.25) is 5.91 Å². The molecule has 5 rings (SSSR count). The summed E-state index contributed by atoms with van der Waals surface area (Å²) in [5.41, 5.74) is 10.4. The second kappa shape index (κ2) is 7.52. The normalized spacial score (nSPS) is 15.1. The number of carbonyl (C=O) groups excluding carboxylic acids is 1. The van der Waals surface area contributed by atoms with Gasteiger partial charge >= 0.3 is 0 Å². The SMILES string of the molecule is CCc1ccc(CN2Cc3cc4c(cc3CC2=O)CN=C4c2ccnc(C)c2)cc1. The van der Waals surface area contributed by atoms with E-state index in [1.807, 2.05) is 24.1 Å². The Morgan fingerprint density at radius 1 is 0.967 bits per heavy atom. The summed E-state index contributed by atoms with van der Waals surface area (Å²) in [6.07, 6.45) is 3.34. The third kappa shape index (κ3) is 3.43. The monoisotopic (exact) mass is 395 g/mol. The first kappa shape index (κ1) is 18.7. The third-order valence-corrected chi connectivity index (χ3v) is 6.12. The molecular weight excluding hydrogens is 370 g/mol. The van der Waals surface area contributed by atoms with Gasteiger partial charge in [-0.1, -0.05) is 37.3 Å². The molecule has 4 nitrogen and oxygen atoms in total. The minimum Gasteiger partial charge on any atom is -0.334 e. The molecule has 0 aliphatic carbocycles. The van der Waals surface area contributed by atoms with Crippen molar-refractivity contribution in [3.05, 3.63) is 99.4 Å². The molecule has 0 N–H and O–H groups in total. The number of hydrogen-bond donors (Lipinski definition) is 0. The molecule has 0 atom stereocenters. The number of hydrogen-bond acceptors (Lipinski definition) is 3. The van der Waals surface area contributed by atoms with Gasteiger partial charge in [0.05, 0.1) is 18.7 Å². The highest BCUT2D eigenvalue weighted by atomic mass is 16.2. The van der Waals surface area contributed by atoms with Crippen molar-refractivity contribution in [1.82, 2.24) is 9.88 Å². The smallest absolute Gasteiger partial charge is 0.227 e. The quantitative estimate of drug-likeness (QED) is 0.658. The van der Waals surface area contributed by atoms with E-state index < -0.39 is 0 Å². The third-order valence-electron chi connectivity index (χ3n) is 6.12. The Kier molecular flexibility index (Phi) is 4.70. The zero-order chi connectivity index (χ0) is 20.7. The minimum atomic E-state index is 0.200. The van der Waals surface area contributed by atoms with E-state index in [4.69, 9.17) is 4.99 Å². The van der Waals surface area contributed by atoms with Crippen LogP contribution >= 0.6 is 0 Å². The highest BCUT2D eigenvalue weighted by Gasteiger charge is 2.27. The molecule has 150 valence electrons. The number of pyridine rings is 1. The molecule has 0 radical (unpaired) electrons. The summed E-state index contributed by atoms with van der Waals surface area (Å²) < 4.78 is 0. The number of carbonyl (C=O) groups is 1. The van der Waals surface area contributed by atoms with E-state index >= 15 is 0 Å². The van der Waals surface area contributed by atoms with Crippen LogP contribution in [0.5, 0.6) is 0 Å². The first-order valence-corrected chi connectivity index (χ1v) is 10.6. The number of amides is 1. The summed E-state index contributed by atoms with van der Waals surface area (Å²) in [7, 11) is 0. The molecule has 3 aromatic rings. The zero-order valence-electron chi connectivity index (χ0n) is 17.5. The molecule has 0 bridgehead atoms. The molecular formula is C26H25N3O. The van der Waals surface area contributed by atoms with Gasteiger partial charge in [0.25, 0.3) is 0 Å². The lowest BCUT2D eigenvalue weighted by atomic mass is 9.91. The maximum Gasteiger partial charge on any atom is 0.227 e. The van der Waals surface area contributed by atoms with Crippen LogP contribution in [0.15, 0.2) is 59.7 Å². The summed E-state index contributed by atoms with van der Waals surface area (Å²) >= 11 is 0. The Morgan fingerprint density at radius 3 is 2.53 bits per heavy atom. The van der Waals surface area contributed by atoms with Gasteiger partial charge in [-0.25, -0.2) is 0 Å². The number of fused-ring (bicyclic) bond motifs is 2. The topological polar surface area (TPSA) is 45.6 Å². The van der Waals surface area contributed by atoms with Gasteiger partial charge in [-0.05, 0) is 59.4 Å². The molecule has 0 unspecified atom stereocenters. The van der Waals surface area contributed by atoms with E-state index in [2.05, 4.69) is 54.4 Å². The maximum atomic E-state index is 12.8.